The highest BCUT2D eigenvalue weighted by Gasteiger charge is 2.46. The van der Waals surface area contributed by atoms with Gasteiger partial charge in [0.25, 0.3) is 0 Å². The largest absolute Gasteiger partial charge is 0.388 e. The predicted octanol–water partition coefficient (Wildman–Crippen LogP) is 0.622. The van der Waals surface area contributed by atoms with Gasteiger partial charge in [-0.25, -0.2) is 0 Å². The molecule has 2 saturated heterocycles. The summed E-state index contributed by atoms with van der Waals surface area (Å²) < 4.78 is 5.29. The van der Waals surface area contributed by atoms with Gasteiger partial charge in [0.05, 0.1) is 11.0 Å². The molecule has 0 spiro atoms. The molecule has 1 unspecified atom stereocenters. The first-order chi connectivity index (χ1) is 9.40. The molecule has 0 aromatic carbocycles. The van der Waals surface area contributed by atoms with Crippen LogP contribution in [0.5, 0.6) is 0 Å². The van der Waals surface area contributed by atoms with Crippen LogP contribution in [0.1, 0.15) is 33.1 Å². The van der Waals surface area contributed by atoms with Crippen LogP contribution < -0.4 is 5.32 Å². The van der Waals surface area contributed by atoms with Crippen molar-refractivity contribution >= 4 is 5.91 Å². The van der Waals surface area contributed by atoms with Crippen molar-refractivity contribution in [2.45, 2.75) is 38.7 Å². The fourth-order valence-corrected chi connectivity index (χ4v) is 3.44. The Morgan fingerprint density at radius 2 is 2.00 bits per heavy atom. The summed E-state index contributed by atoms with van der Waals surface area (Å²) in [4.78, 5) is 14.6. The number of carbonyl (C=O) groups is 1. The number of hydrogen-bond donors (Lipinski definition) is 2. The molecular weight excluding hydrogens is 256 g/mol. The number of aliphatic hydroxyl groups is 1. The van der Waals surface area contributed by atoms with Gasteiger partial charge in [0, 0.05) is 46.2 Å². The molecule has 2 aliphatic heterocycles. The standard InChI is InChI=1S/C15H28N2O3/c1-12(2)15(4-7-16-10-15)13(18)17(3)11-14(19)5-8-20-9-6-14/h12,16,19H,4-11H2,1-3H3. The molecule has 2 N–H and O–H groups in total. The zero-order valence-corrected chi connectivity index (χ0v) is 12.9. The second-order valence-corrected chi connectivity index (χ2v) is 6.74. The Kier molecular flexibility index (Phi) is 4.72. The minimum absolute atomic E-state index is 0.164. The summed E-state index contributed by atoms with van der Waals surface area (Å²) in [5.41, 5.74) is -1.09. The molecule has 2 rings (SSSR count). The number of likely N-dealkylation sites (N-methyl/N-ethyl adjacent to an activating group) is 1. The quantitative estimate of drug-likeness (QED) is 0.794. The van der Waals surface area contributed by atoms with Crippen molar-refractivity contribution in [3.63, 3.8) is 0 Å². The third-order valence-corrected chi connectivity index (χ3v) is 5.02. The van der Waals surface area contributed by atoms with Crippen LogP contribution in [0.15, 0.2) is 0 Å². The Morgan fingerprint density at radius 3 is 2.50 bits per heavy atom. The lowest BCUT2D eigenvalue weighted by Gasteiger charge is -2.40. The van der Waals surface area contributed by atoms with Gasteiger partial charge in [-0.2, -0.15) is 0 Å². The maximum Gasteiger partial charge on any atom is 0.230 e. The zero-order valence-electron chi connectivity index (χ0n) is 12.9. The highest BCUT2D eigenvalue weighted by atomic mass is 16.5. The molecule has 2 fully saturated rings. The van der Waals surface area contributed by atoms with Crippen LogP contribution in [-0.2, 0) is 9.53 Å². The Balaban J connectivity index is 2.04. The van der Waals surface area contributed by atoms with Gasteiger partial charge in [-0.15, -0.1) is 0 Å². The summed E-state index contributed by atoms with van der Waals surface area (Å²) in [6, 6.07) is 0. The van der Waals surface area contributed by atoms with Crippen molar-refractivity contribution in [1.29, 1.82) is 0 Å². The molecule has 5 nitrogen and oxygen atoms in total. The summed E-state index contributed by atoms with van der Waals surface area (Å²) in [5, 5.41) is 13.9. The van der Waals surface area contributed by atoms with Crippen LogP contribution in [0.3, 0.4) is 0 Å². The van der Waals surface area contributed by atoms with E-state index in [-0.39, 0.29) is 11.3 Å². The monoisotopic (exact) mass is 284 g/mol. The molecule has 0 aromatic heterocycles. The number of hydrogen-bond acceptors (Lipinski definition) is 4. The molecule has 1 amide bonds. The maximum atomic E-state index is 12.9. The van der Waals surface area contributed by atoms with E-state index in [0.29, 0.717) is 38.5 Å². The molecule has 0 radical (unpaired) electrons. The third-order valence-electron chi connectivity index (χ3n) is 5.02. The topological polar surface area (TPSA) is 61.8 Å². The van der Waals surface area contributed by atoms with E-state index in [1.807, 2.05) is 7.05 Å². The Labute approximate surface area is 121 Å². The summed E-state index contributed by atoms with van der Waals surface area (Å²) in [5.74, 6) is 0.467. The molecule has 20 heavy (non-hydrogen) atoms. The van der Waals surface area contributed by atoms with E-state index >= 15 is 0 Å². The minimum Gasteiger partial charge on any atom is -0.388 e. The molecule has 0 aliphatic carbocycles. The molecule has 0 saturated carbocycles. The summed E-state index contributed by atoms with van der Waals surface area (Å²) >= 11 is 0. The lowest BCUT2D eigenvalue weighted by Crippen LogP contribution is -2.53. The second kappa shape index (κ2) is 6.00. The van der Waals surface area contributed by atoms with Crippen molar-refractivity contribution in [3.8, 4) is 0 Å². The molecular formula is C15H28N2O3. The minimum atomic E-state index is -0.785. The van der Waals surface area contributed by atoms with E-state index in [1.165, 1.54) is 0 Å². The fourth-order valence-electron chi connectivity index (χ4n) is 3.44. The van der Waals surface area contributed by atoms with E-state index in [4.69, 9.17) is 4.74 Å². The number of ether oxygens (including phenoxy) is 1. The van der Waals surface area contributed by atoms with Crippen molar-refractivity contribution in [2.24, 2.45) is 11.3 Å². The van der Waals surface area contributed by atoms with Gasteiger partial charge >= 0.3 is 0 Å². The van der Waals surface area contributed by atoms with Crippen molar-refractivity contribution in [1.82, 2.24) is 10.2 Å². The first-order valence-electron chi connectivity index (χ1n) is 7.66. The van der Waals surface area contributed by atoms with Gasteiger partial charge in [-0.05, 0) is 18.9 Å². The van der Waals surface area contributed by atoms with E-state index in [2.05, 4.69) is 19.2 Å². The lowest BCUT2D eigenvalue weighted by atomic mass is 9.75. The summed E-state index contributed by atoms with van der Waals surface area (Å²) in [6.45, 7) is 7.43. The first-order valence-corrected chi connectivity index (χ1v) is 7.66. The average molecular weight is 284 g/mol. The molecule has 1 atom stereocenters. The summed E-state index contributed by atoms with van der Waals surface area (Å²) in [6.07, 6.45) is 2.10. The van der Waals surface area contributed by atoms with Gasteiger partial charge in [0.15, 0.2) is 0 Å². The number of rotatable bonds is 4. The van der Waals surface area contributed by atoms with Gasteiger partial charge in [0.2, 0.25) is 5.91 Å². The first kappa shape index (κ1) is 15.7. The van der Waals surface area contributed by atoms with E-state index in [0.717, 1.165) is 19.5 Å². The van der Waals surface area contributed by atoms with Crippen LogP contribution in [-0.4, -0.2) is 61.4 Å². The fraction of sp³-hybridized carbons (Fsp3) is 0.933. The predicted molar refractivity (Wildman–Crippen MR) is 77.4 cm³/mol. The Hall–Kier alpha value is -0.650. The number of amides is 1. The smallest absolute Gasteiger partial charge is 0.230 e. The van der Waals surface area contributed by atoms with Gasteiger partial charge in [-0.1, -0.05) is 13.8 Å². The van der Waals surface area contributed by atoms with Crippen LogP contribution >= 0.6 is 0 Å². The van der Waals surface area contributed by atoms with E-state index in [1.54, 1.807) is 4.90 Å². The number of nitrogens with one attached hydrogen (secondary N) is 1. The van der Waals surface area contributed by atoms with Crippen LogP contribution in [0.4, 0.5) is 0 Å². The van der Waals surface area contributed by atoms with Crippen LogP contribution in [0.2, 0.25) is 0 Å². The Morgan fingerprint density at radius 1 is 1.35 bits per heavy atom. The van der Waals surface area contributed by atoms with Gasteiger partial charge in [-0.3, -0.25) is 4.79 Å². The lowest BCUT2D eigenvalue weighted by molar-refractivity contribution is -0.148. The van der Waals surface area contributed by atoms with Crippen molar-refractivity contribution in [2.75, 3.05) is 39.9 Å². The normalized spacial score (nSPS) is 29.6. The van der Waals surface area contributed by atoms with Crippen molar-refractivity contribution < 1.29 is 14.6 Å². The third kappa shape index (κ3) is 3.00. The molecule has 5 heteroatoms. The van der Waals surface area contributed by atoms with Crippen LogP contribution in [0.25, 0.3) is 0 Å². The SMILES string of the molecule is CC(C)C1(C(=O)N(C)CC2(O)CCOCC2)CCNC1. The Bertz CT molecular complexity index is 345. The molecule has 2 heterocycles. The van der Waals surface area contributed by atoms with Crippen molar-refractivity contribution in [3.05, 3.63) is 0 Å². The molecule has 116 valence electrons. The summed E-state index contributed by atoms with van der Waals surface area (Å²) in [7, 11) is 1.82. The molecule has 0 aromatic rings. The van der Waals surface area contributed by atoms with E-state index < -0.39 is 5.60 Å². The molecule has 2 aliphatic rings. The highest BCUT2D eigenvalue weighted by Crippen LogP contribution is 2.36. The molecule has 0 bridgehead atoms. The highest BCUT2D eigenvalue weighted by molar-refractivity contribution is 5.83. The maximum absolute atomic E-state index is 12.9. The van der Waals surface area contributed by atoms with E-state index in [9.17, 15) is 9.90 Å². The number of carbonyl (C=O) groups excluding carboxylic acids is 1. The average Bonchev–Trinajstić information content (AvgIpc) is 2.88. The second-order valence-electron chi connectivity index (χ2n) is 6.74. The van der Waals surface area contributed by atoms with Gasteiger partial charge in [0.1, 0.15) is 0 Å². The van der Waals surface area contributed by atoms with Crippen LogP contribution in [0, 0.1) is 11.3 Å². The van der Waals surface area contributed by atoms with Gasteiger partial charge < -0.3 is 20.1 Å². The zero-order chi connectivity index (χ0) is 14.8. The number of nitrogens with zero attached hydrogens (tertiary/aromatic N) is 1.